The monoisotopic (exact) mass is 350 g/mol. The highest BCUT2D eigenvalue weighted by molar-refractivity contribution is 9.10. The molecular weight excluding hydrogens is 340 g/mol. The van der Waals surface area contributed by atoms with Crippen LogP contribution in [0.1, 0.15) is 17.3 Å². The molecule has 1 rings (SSSR count). The lowest BCUT2D eigenvalue weighted by Crippen LogP contribution is -2.11. The lowest BCUT2D eigenvalue weighted by molar-refractivity contribution is 0.0992. The first-order valence-corrected chi connectivity index (χ1v) is 6.32. The van der Waals surface area contributed by atoms with Crippen LogP contribution in [0.4, 0.5) is 0 Å². The van der Waals surface area contributed by atoms with Gasteiger partial charge < -0.3 is 9.47 Å². The van der Waals surface area contributed by atoms with E-state index in [2.05, 4.69) is 31.9 Å². The summed E-state index contributed by atoms with van der Waals surface area (Å²) in [6.07, 6.45) is 0. The molecule has 0 fully saturated rings. The summed E-state index contributed by atoms with van der Waals surface area (Å²) >= 11 is 6.59. The van der Waals surface area contributed by atoms with Crippen LogP contribution in [0.15, 0.2) is 16.6 Å². The van der Waals surface area contributed by atoms with Crippen molar-refractivity contribution >= 4 is 37.6 Å². The van der Waals surface area contributed by atoms with Crippen molar-refractivity contribution in [1.82, 2.24) is 0 Å². The Hall–Kier alpha value is -0.550. The summed E-state index contributed by atoms with van der Waals surface area (Å²) < 4.78 is 11.1. The van der Waals surface area contributed by atoms with Crippen molar-refractivity contribution in [3.05, 3.63) is 22.2 Å². The van der Waals surface area contributed by atoms with Crippen LogP contribution in [0.2, 0.25) is 0 Å². The number of hydrogen-bond acceptors (Lipinski definition) is 3. The SMILES string of the molecule is COc1cc(C(=O)C(C)Br)c(OC)cc1Br. The van der Waals surface area contributed by atoms with E-state index in [0.717, 1.165) is 4.47 Å². The Bertz CT molecular complexity index is 402. The molecule has 1 unspecified atom stereocenters. The molecule has 16 heavy (non-hydrogen) atoms. The topological polar surface area (TPSA) is 35.5 Å². The number of hydrogen-bond donors (Lipinski definition) is 0. The second-order valence-electron chi connectivity index (χ2n) is 3.17. The molecule has 5 heteroatoms. The molecule has 1 aromatic carbocycles. The molecule has 0 N–H and O–H groups in total. The van der Waals surface area contributed by atoms with Crippen molar-refractivity contribution in [2.24, 2.45) is 0 Å². The van der Waals surface area contributed by atoms with Gasteiger partial charge in [0.25, 0.3) is 0 Å². The van der Waals surface area contributed by atoms with Crippen LogP contribution in [-0.2, 0) is 0 Å². The maximum atomic E-state index is 11.9. The summed E-state index contributed by atoms with van der Waals surface area (Å²) in [4.78, 5) is 11.6. The summed E-state index contributed by atoms with van der Waals surface area (Å²) in [5.41, 5.74) is 0.506. The first-order valence-electron chi connectivity index (χ1n) is 4.61. The quantitative estimate of drug-likeness (QED) is 0.615. The van der Waals surface area contributed by atoms with Crippen LogP contribution < -0.4 is 9.47 Å². The second kappa shape index (κ2) is 5.68. The number of ketones is 1. The lowest BCUT2D eigenvalue weighted by atomic mass is 10.1. The molecule has 1 aromatic rings. The van der Waals surface area contributed by atoms with Crippen LogP contribution in [0.5, 0.6) is 11.5 Å². The van der Waals surface area contributed by atoms with Gasteiger partial charge in [0.1, 0.15) is 11.5 Å². The minimum Gasteiger partial charge on any atom is -0.496 e. The Labute approximate surface area is 111 Å². The molecule has 0 saturated heterocycles. The van der Waals surface area contributed by atoms with Gasteiger partial charge in [0.05, 0.1) is 29.1 Å². The third-order valence-electron chi connectivity index (χ3n) is 2.10. The molecular formula is C11H12Br2O3. The second-order valence-corrected chi connectivity index (χ2v) is 5.40. The molecule has 0 saturated carbocycles. The van der Waals surface area contributed by atoms with Crippen LogP contribution in [0.3, 0.4) is 0 Å². The summed E-state index contributed by atoms with van der Waals surface area (Å²) in [5, 5.41) is 0. The zero-order valence-corrected chi connectivity index (χ0v) is 12.4. The van der Waals surface area contributed by atoms with E-state index in [4.69, 9.17) is 9.47 Å². The highest BCUT2D eigenvalue weighted by Crippen LogP contribution is 2.33. The number of alkyl halides is 1. The van der Waals surface area contributed by atoms with Crippen molar-refractivity contribution in [3.8, 4) is 11.5 Å². The number of rotatable bonds is 4. The molecule has 0 aliphatic rings. The Morgan fingerprint density at radius 2 is 1.81 bits per heavy atom. The fourth-order valence-corrected chi connectivity index (χ4v) is 2.00. The number of Topliss-reactive ketones (excluding diaryl/α,β-unsaturated/α-hetero) is 1. The maximum absolute atomic E-state index is 11.9. The van der Waals surface area contributed by atoms with Gasteiger partial charge in [0.15, 0.2) is 5.78 Å². The summed E-state index contributed by atoms with van der Waals surface area (Å²) in [7, 11) is 3.09. The number of ether oxygens (including phenoxy) is 2. The highest BCUT2D eigenvalue weighted by atomic mass is 79.9. The van der Waals surface area contributed by atoms with E-state index < -0.39 is 0 Å². The molecule has 0 aliphatic carbocycles. The normalized spacial score (nSPS) is 12.1. The van der Waals surface area contributed by atoms with Gasteiger partial charge >= 0.3 is 0 Å². The molecule has 0 amide bonds. The minimum absolute atomic E-state index is 0.0392. The fourth-order valence-electron chi connectivity index (χ4n) is 1.27. The first kappa shape index (κ1) is 13.5. The zero-order chi connectivity index (χ0) is 12.3. The van der Waals surface area contributed by atoms with E-state index in [1.165, 1.54) is 7.11 Å². The predicted octanol–water partition coefficient (Wildman–Crippen LogP) is 3.43. The number of carbonyl (C=O) groups excluding carboxylic acids is 1. The molecule has 3 nitrogen and oxygen atoms in total. The molecule has 0 aliphatic heterocycles. The van der Waals surface area contributed by atoms with E-state index in [-0.39, 0.29) is 10.6 Å². The average molecular weight is 352 g/mol. The van der Waals surface area contributed by atoms with E-state index in [1.54, 1.807) is 26.2 Å². The van der Waals surface area contributed by atoms with Gasteiger partial charge in [-0.3, -0.25) is 4.79 Å². The van der Waals surface area contributed by atoms with Crippen molar-refractivity contribution in [2.45, 2.75) is 11.8 Å². The largest absolute Gasteiger partial charge is 0.496 e. The third kappa shape index (κ3) is 2.77. The van der Waals surface area contributed by atoms with Crippen molar-refractivity contribution in [1.29, 1.82) is 0 Å². The number of benzene rings is 1. The lowest BCUT2D eigenvalue weighted by Gasteiger charge is -2.12. The molecule has 88 valence electrons. The average Bonchev–Trinajstić information content (AvgIpc) is 2.27. The van der Waals surface area contributed by atoms with E-state index in [0.29, 0.717) is 17.1 Å². The van der Waals surface area contributed by atoms with Crippen LogP contribution >= 0.6 is 31.9 Å². The molecule has 0 aromatic heterocycles. The third-order valence-corrected chi connectivity index (χ3v) is 3.14. The zero-order valence-electron chi connectivity index (χ0n) is 9.21. The van der Waals surface area contributed by atoms with Crippen molar-refractivity contribution < 1.29 is 14.3 Å². The summed E-state index contributed by atoms with van der Waals surface area (Å²) in [6.45, 7) is 1.77. The standard InChI is InChI=1S/C11H12Br2O3/c1-6(12)11(14)7-4-10(16-3)8(13)5-9(7)15-2/h4-6H,1-3H3. The molecule has 0 spiro atoms. The fraction of sp³-hybridized carbons (Fsp3) is 0.364. The molecule has 1 atom stereocenters. The van der Waals surface area contributed by atoms with Crippen molar-refractivity contribution in [3.63, 3.8) is 0 Å². The van der Waals surface area contributed by atoms with Crippen LogP contribution in [0.25, 0.3) is 0 Å². The van der Waals surface area contributed by atoms with Crippen LogP contribution in [0, 0.1) is 0 Å². The van der Waals surface area contributed by atoms with Gasteiger partial charge in [-0.25, -0.2) is 0 Å². The minimum atomic E-state index is -0.257. The van der Waals surface area contributed by atoms with Gasteiger partial charge in [-0.2, -0.15) is 0 Å². The van der Waals surface area contributed by atoms with Gasteiger partial charge in [0, 0.05) is 0 Å². The van der Waals surface area contributed by atoms with Gasteiger partial charge in [-0.05, 0) is 35.0 Å². The van der Waals surface area contributed by atoms with Gasteiger partial charge in [0.2, 0.25) is 0 Å². The molecule has 0 heterocycles. The Kier molecular flexibility index (Phi) is 4.80. The maximum Gasteiger partial charge on any atom is 0.180 e. The first-order chi connectivity index (χ1) is 7.51. The molecule has 0 radical (unpaired) electrons. The molecule has 0 bridgehead atoms. The predicted molar refractivity (Wildman–Crippen MR) is 70.0 cm³/mol. The van der Waals surface area contributed by atoms with E-state index in [1.807, 2.05) is 0 Å². The van der Waals surface area contributed by atoms with Gasteiger partial charge in [-0.1, -0.05) is 15.9 Å². The van der Waals surface area contributed by atoms with E-state index >= 15 is 0 Å². The summed E-state index contributed by atoms with van der Waals surface area (Å²) in [6, 6.07) is 3.39. The smallest absolute Gasteiger partial charge is 0.180 e. The number of carbonyl (C=O) groups is 1. The highest BCUT2D eigenvalue weighted by Gasteiger charge is 2.19. The Morgan fingerprint density at radius 3 is 2.25 bits per heavy atom. The van der Waals surface area contributed by atoms with Crippen molar-refractivity contribution in [2.75, 3.05) is 14.2 Å². The Morgan fingerprint density at radius 1 is 1.25 bits per heavy atom. The Balaban J connectivity index is 3.30. The van der Waals surface area contributed by atoms with Crippen LogP contribution in [-0.4, -0.2) is 24.8 Å². The van der Waals surface area contributed by atoms with E-state index in [9.17, 15) is 4.79 Å². The number of halogens is 2. The van der Waals surface area contributed by atoms with Gasteiger partial charge in [-0.15, -0.1) is 0 Å². The summed E-state index contributed by atoms with van der Waals surface area (Å²) in [5.74, 6) is 1.10. The number of methoxy groups -OCH3 is 2.